The summed E-state index contributed by atoms with van der Waals surface area (Å²) >= 11 is 0. The molecular weight excluding hydrogens is 206 g/mol. The molecule has 1 aromatic heterocycles. The van der Waals surface area contributed by atoms with E-state index >= 15 is 0 Å². The van der Waals surface area contributed by atoms with Gasteiger partial charge in [0, 0.05) is 19.0 Å². The molecule has 1 fully saturated rings. The number of hydrogen-bond donors (Lipinski definition) is 1. The summed E-state index contributed by atoms with van der Waals surface area (Å²) in [5, 5.41) is 12.9. The number of aromatic nitrogens is 2. The molecule has 5 heteroatoms. The van der Waals surface area contributed by atoms with Crippen LogP contribution in [0.2, 0.25) is 0 Å². The van der Waals surface area contributed by atoms with Gasteiger partial charge in [-0.2, -0.15) is 4.98 Å². The van der Waals surface area contributed by atoms with Gasteiger partial charge in [0.15, 0.2) is 5.82 Å². The molecule has 1 N–H and O–H groups in total. The summed E-state index contributed by atoms with van der Waals surface area (Å²) in [4.78, 5) is 6.52. The molecule has 0 bridgehead atoms. The van der Waals surface area contributed by atoms with Gasteiger partial charge in [-0.05, 0) is 12.8 Å². The van der Waals surface area contributed by atoms with E-state index in [0.717, 1.165) is 12.2 Å². The Morgan fingerprint density at radius 3 is 2.81 bits per heavy atom. The molecule has 1 saturated carbocycles. The Kier molecular flexibility index (Phi) is 3.90. The van der Waals surface area contributed by atoms with Gasteiger partial charge in [-0.15, -0.1) is 0 Å². The minimum Gasteiger partial charge on any atom is -0.395 e. The van der Waals surface area contributed by atoms with Crippen LogP contribution in [-0.4, -0.2) is 39.3 Å². The number of nitrogens with zero attached hydrogens (tertiary/aromatic N) is 3. The Labute approximate surface area is 95.4 Å². The summed E-state index contributed by atoms with van der Waals surface area (Å²) in [5.41, 5.74) is 0. The zero-order chi connectivity index (χ0) is 11.4. The van der Waals surface area contributed by atoms with Crippen LogP contribution in [0.3, 0.4) is 0 Å². The highest BCUT2D eigenvalue weighted by Crippen LogP contribution is 2.25. The van der Waals surface area contributed by atoms with Crippen molar-refractivity contribution in [3.8, 4) is 0 Å². The molecule has 1 heterocycles. The molecule has 0 aliphatic heterocycles. The van der Waals surface area contributed by atoms with Crippen LogP contribution in [0.4, 0.5) is 0 Å². The van der Waals surface area contributed by atoms with E-state index in [1.165, 1.54) is 19.3 Å². The second kappa shape index (κ2) is 5.41. The van der Waals surface area contributed by atoms with Gasteiger partial charge in [0.05, 0.1) is 13.2 Å². The number of hydrogen-bond acceptors (Lipinski definition) is 5. The van der Waals surface area contributed by atoms with Gasteiger partial charge in [0.25, 0.3) is 0 Å². The highest BCUT2D eigenvalue weighted by molar-refractivity contribution is 4.88. The first kappa shape index (κ1) is 11.5. The molecular formula is C11H19N3O2. The lowest BCUT2D eigenvalue weighted by Crippen LogP contribution is -2.41. The minimum atomic E-state index is 0.186. The summed E-state index contributed by atoms with van der Waals surface area (Å²) in [6.45, 7) is 3.55. The molecule has 0 unspecified atom stereocenters. The van der Waals surface area contributed by atoms with Crippen LogP contribution in [0.5, 0.6) is 0 Å². The van der Waals surface area contributed by atoms with Crippen molar-refractivity contribution in [3.05, 3.63) is 11.7 Å². The van der Waals surface area contributed by atoms with Crippen LogP contribution in [0.1, 0.15) is 37.9 Å². The van der Waals surface area contributed by atoms with Gasteiger partial charge in [-0.1, -0.05) is 18.5 Å². The Balaban J connectivity index is 1.93. The lowest BCUT2D eigenvalue weighted by Gasteiger charge is -2.36. The maximum atomic E-state index is 9.03. The molecule has 0 spiro atoms. The normalized spacial score (nSPS) is 16.7. The van der Waals surface area contributed by atoms with E-state index in [1.807, 2.05) is 6.92 Å². The Morgan fingerprint density at radius 1 is 1.50 bits per heavy atom. The van der Waals surface area contributed by atoms with Gasteiger partial charge in [0.2, 0.25) is 5.89 Å². The van der Waals surface area contributed by atoms with E-state index < -0.39 is 0 Å². The van der Waals surface area contributed by atoms with E-state index in [9.17, 15) is 0 Å². The number of aryl methyl sites for hydroxylation is 1. The monoisotopic (exact) mass is 225 g/mol. The Bertz CT molecular complexity index is 323. The first-order chi connectivity index (χ1) is 7.83. The lowest BCUT2D eigenvalue weighted by molar-refractivity contribution is 0.0838. The van der Waals surface area contributed by atoms with Crippen molar-refractivity contribution in [2.24, 2.45) is 0 Å². The third-order valence-electron chi connectivity index (χ3n) is 3.14. The molecule has 1 aromatic rings. The molecule has 16 heavy (non-hydrogen) atoms. The van der Waals surface area contributed by atoms with Crippen molar-refractivity contribution >= 4 is 0 Å². The largest absolute Gasteiger partial charge is 0.395 e. The molecule has 5 nitrogen and oxygen atoms in total. The molecule has 1 aliphatic carbocycles. The van der Waals surface area contributed by atoms with Crippen molar-refractivity contribution in [1.82, 2.24) is 15.0 Å². The van der Waals surface area contributed by atoms with Crippen molar-refractivity contribution in [3.63, 3.8) is 0 Å². The molecule has 0 radical (unpaired) electrons. The predicted molar refractivity (Wildman–Crippen MR) is 58.8 cm³/mol. The second-order valence-electron chi connectivity index (χ2n) is 4.24. The summed E-state index contributed by atoms with van der Waals surface area (Å²) in [5.74, 6) is 1.42. The van der Waals surface area contributed by atoms with Gasteiger partial charge in [0.1, 0.15) is 0 Å². The minimum absolute atomic E-state index is 0.186. The number of rotatable bonds is 6. The van der Waals surface area contributed by atoms with Gasteiger partial charge in [-0.25, -0.2) is 0 Å². The third-order valence-corrected chi connectivity index (χ3v) is 3.14. The van der Waals surface area contributed by atoms with Crippen molar-refractivity contribution in [1.29, 1.82) is 0 Å². The number of aliphatic hydroxyl groups excluding tert-OH is 1. The Hall–Kier alpha value is -0.940. The number of aliphatic hydroxyl groups is 1. The fourth-order valence-corrected chi connectivity index (χ4v) is 1.94. The molecule has 0 aromatic carbocycles. The van der Waals surface area contributed by atoms with Gasteiger partial charge >= 0.3 is 0 Å². The highest BCUT2D eigenvalue weighted by Gasteiger charge is 2.25. The van der Waals surface area contributed by atoms with E-state index in [-0.39, 0.29) is 6.61 Å². The predicted octanol–water partition coefficient (Wildman–Crippen LogP) is 0.979. The fourth-order valence-electron chi connectivity index (χ4n) is 1.94. The van der Waals surface area contributed by atoms with E-state index in [1.54, 1.807) is 0 Å². The zero-order valence-electron chi connectivity index (χ0n) is 9.72. The smallest absolute Gasteiger partial charge is 0.240 e. The summed E-state index contributed by atoms with van der Waals surface area (Å²) < 4.78 is 5.17. The average Bonchev–Trinajstić information content (AvgIpc) is 2.63. The summed E-state index contributed by atoms with van der Waals surface area (Å²) in [6, 6.07) is 0.587. The van der Waals surface area contributed by atoms with Crippen molar-refractivity contribution < 1.29 is 9.63 Å². The standard InChI is InChI=1S/C11H19N3O2/c1-2-10-12-11(16-13-10)8-14(6-7-15)9-4-3-5-9/h9,15H,2-8H2,1H3. The fraction of sp³-hybridized carbons (Fsp3) is 0.818. The molecule has 1 aliphatic rings. The molecule has 90 valence electrons. The SMILES string of the molecule is CCc1noc(CN(CCO)C2CCC2)n1. The second-order valence-corrected chi connectivity index (χ2v) is 4.24. The maximum Gasteiger partial charge on any atom is 0.240 e. The topological polar surface area (TPSA) is 62.4 Å². The van der Waals surface area contributed by atoms with Crippen LogP contribution in [-0.2, 0) is 13.0 Å². The van der Waals surface area contributed by atoms with Gasteiger partial charge < -0.3 is 9.63 Å². The van der Waals surface area contributed by atoms with Crippen molar-refractivity contribution in [2.45, 2.75) is 45.2 Å². The highest BCUT2D eigenvalue weighted by atomic mass is 16.5. The third kappa shape index (κ3) is 2.59. The van der Waals surface area contributed by atoms with Crippen LogP contribution in [0.15, 0.2) is 4.52 Å². The first-order valence-corrected chi connectivity index (χ1v) is 6.00. The Morgan fingerprint density at radius 2 is 2.31 bits per heavy atom. The lowest BCUT2D eigenvalue weighted by atomic mass is 9.91. The average molecular weight is 225 g/mol. The maximum absolute atomic E-state index is 9.03. The van der Waals surface area contributed by atoms with Crippen LogP contribution >= 0.6 is 0 Å². The molecule has 2 rings (SSSR count). The molecule has 0 amide bonds. The van der Waals surface area contributed by atoms with E-state index in [2.05, 4.69) is 15.0 Å². The molecule has 0 saturated heterocycles. The van der Waals surface area contributed by atoms with Crippen LogP contribution in [0, 0.1) is 0 Å². The quantitative estimate of drug-likeness (QED) is 0.782. The summed E-state index contributed by atoms with van der Waals surface area (Å²) in [7, 11) is 0. The van der Waals surface area contributed by atoms with Gasteiger partial charge in [-0.3, -0.25) is 4.90 Å². The van der Waals surface area contributed by atoms with E-state index in [0.29, 0.717) is 25.0 Å². The van der Waals surface area contributed by atoms with Crippen LogP contribution < -0.4 is 0 Å². The van der Waals surface area contributed by atoms with E-state index in [4.69, 9.17) is 9.63 Å². The summed E-state index contributed by atoms with van der Waals surface area (Å²) in [6.07, 6.45) is 4.52. The van der Waals surface area contributed by atoms with Crippen molar-refractivity contribution in [2.75, 3.05) is 13.2 Å². The molecule has 0 atom stereocenters. The zero-order valence-corrected chi connectivity index (χ0v) is 9.72. The first-order valence-electron chi connectivity index (χ1n) is 6.00. The van der Waals surface area contributed by atoms with Crippen LogP contribution in [0.25, 0.3) is 0 Å².